The van der Waals surface area contributed by atoms with Crippen LogP contribution in [0.25, 0.3) is 17.0 Å². The maximum absolute atomic E-state index is 6.23. The van der Waals surface area contributed by atoms with Crippen LogP contribution in [0.4, 0.5) is 5.69 Å². The molecule has 0 saturated carbocycles. The molecule has 3 aliphatic rings. The van der Waals surface area contributed by atoms with Crippen molar-refractivity contribution in [3.63, 3.8) is 0 Å². The number of fused-ring (bicyclic) bond motifs is 7. The Bertz CT molecular complexity index is 1280. The minimum atomic E-state index is -0.261. The Kier molecular flexibility index (Phi) is 3.47. The fourth-order valence-electron chi connectivity index (χ4n) is 5.23. The van der Waals surface area contributed by atoms with E-state index in [1.165, 1.54) is 39.3 Å². The number of rotatable bonds is 1. The van der Waals surface area contributed by atoms with Crippen molar-refractivity contribution in [3.8, 4) is 11.5 Å². The minimum absolute atomic E-state index is 0.261. The zero-order valence-electron chi connectivity index (χ0n) is 17.9. The monoisotopic (exact) mass is 400 g/mol. The topological polar surface area (TPSA) is 40.5 Å². The quantitative estimate of drug-likeness (QED) is 0.619. The van der Waals surface area contributed by atoms with E-state index in [0.717, 1.165) is 36.5 Å². The summed E-state index contributed by atoms with van der Waals surface area (Å²) in [4.78, 5) is 6.01. The van der Waals surface area contributed by atoms with E-state index in [-0.39, 0.29) is 5.60 Å². The van der Waals surface area contributed by atoms with E-state index in [1.807, 2.05) is 12.1 Å². The second-order valence-corrected chi connectivity index (χ2v) is 8.93. The zero-order chi connectivity index (χ0) is 20.6. The molecule has 1 N–H and O–H groups in total. The summed E-state index contributed by atoms with van der Waals surface area (Å²) >= 11 is 0. The van der Waals surface area contributed by atoms with Gasteiger partial charge in [-0.15, -0.1) is 0 Å². The van der Waals surface area contributed by atoms with Crippen LogP contribution in [0.2, 0.25) is 0 Å². The Labute approximate surface area is 176 Å². The molecule has 0 spiro atoms. The van der Waals surface area contributed by atoms with Crippen molar-refractivity contribution >= 4 is 28.5 Å². The molecule has 1 aromatic heterocycles. The van der Waals surface area contributed by atoms with Gasteiger partial charge in [0.25, 0.3) is 0 Å². The van der Waals surface area contributed by atoms with Crippen LogP contribution in [0.15, 0.2) is 36.4 Å². The van der Waals surface area contributed by atoms with E-state index < -0.39 is 0 Å². The highest BCUT2D eigenvalue weighted by Crippen LogP contribution is 2.41. The number of H-pyrrole nitrogens is 1. The van der Waals surface area contributed by atoms with E-state index >= 15 is 0 Å². The van der Waals surface area contributed by atoms with Crippen LogP contribution in [0.3, 0.4) is 0 Å². The predicted molar refractivity (Wildman–Crippen MR) is 120 cm³/mol. The number of hydrogen-bond donors (Lipinski definition) is 1. The first kappa shape index (κ1) is 17.6. The standard InChI is InChI=1S/C25H25N3O2/c1-25(2)12-10-15-17-14-28-13-11-16-22-18(6-5-7-21(22)29-4)26-23(16)24(28)27(3)19(17)8-9-20(15)30-25/h5-10,12H,11,13-14H2,1-4H3/p+1. The van der Waals surface area contributed by atoms with Gasteiger partial charge in [-0.2, -0.15) is 0 Å². The number of anilines is 1. The molecule has 6 rings (SSSR count). The molecule has 5 heteroatoms. The van der Waals surface area contributed by atoms with Gasteiger partial charge in [0, 0.05) is 22.9 Å². The molecule has 0 aliphatic carbocycles. The Hall–Kier alpha value is -3.21. The van der Waals surface area contributed by atoms with Crippen molar-refractivity contribution in [1.29, 1.82) is 0 Å². The molecule has 3 aliphatic heterocycles. The average molecular weight is 401 g/mol. The summed E-state index contributed by atoms with van der Waals surface area (Å²) in [5, 5.41) is 1.21. The molecule has 0 fully saturated rings. The molecule has 0 bridgehead atoms. The van der Waals surface area contributed by atoms with Gasteiger partial charge in [0.2, 0.25) is 0 Å². The number of ether oxygens (including phenoxy) is 2. The number of nitrogens with zero attached hydrogens (tertiary/aromatic N) is 2. The van der Waals surface area contributed by atoms with Gasteiger partial charge in [-0.25, -0.2) is 4.90 Å². The summed E-state index contributed by atoms with van der Waals surface area (Å²) in [6.07, 6.45) is 5.39. The summed E-state index contributed by atoms with van der Waals surface area (Å²) in [6.45, 7) is 6.07. The second kappa shape index (κ2) is 5.91. The smallest absolute Gasteiger partial charge is 0.301 e. The third-order valence-electron chi connectivity index (χ3n) is 6.61. The Morgan fingerprint density at radius 1 is 1.17 bits per heavy atom. The molecule has 30 heavy (non-hydrogen) atoms. The molecule has 4 heterocycles. The van der Waals surface area contributed by atoms with Crippen LogP contribution in [-0.2, 0) is 13.0 Å². The summed E-state index contributed by atoms with van der Waals surface area (Å²) < 4.78 is 14.4. The van der Waals surface area contributed by atoms with Crippen LogP contribution < -0.4 is 14.4 Å². The Balaban J connectivity index is 1.52. The van der Waals surface area contributed by atoms with Gasteiger partial charge in [-0.1, -0.05) is 12.1 Å². The first-order valence-electron chi connectivity index (χ1n) is 10.5. The molecule has 0 unspecified atom stereocenters. The fraction of sp³-hybridized carbons (Fsp3) is 0.320. The largest absolute Gasteiger partial charge is 0.496 e. The fourth-order valence-corrected chi connectivity index (χ4v) is 5.23. The van der Waals surface area contributed by atoms with Crippen molar-refractivity contribution in [1.82, 2.24) is 4.98 Å². The van der Waals surface area contributed by atoms with Crippen LogP contribution in [0.5, 0.6) is 11.5 Å². The van der Waals surface area contributed by atoms with Crippen LogP contribution in [0, 0.1) is 0 Å². The van der Waals surface area contributed by atoms with Gasteiger partial charge in [0.15, 0.2) is 0 Å². The van der Waals surface area contributed by atoms with Gasteiger partial charge in [0.05, 0.1) is 31.8 Å². The summed E-state index contributed by atoms with van der Waals surface area (Å²) in [5.74, 6) is 3.16. The van der Waals surface area contributed by atoms with Crippen LogP contribution in [0.1, 0.15) is 36.2 Å². The maximum Gasteiger partial charge on any atom is 0.301 e. The van der Waals surface area contributed by atoms with E-state index in [9.17, 15) is 0 Å². The third-order valence-corrected chi connectivity index (χ3v) is 6.61. The minimum Gasteiger partial charge on any atom is -0.496 e. The average Bonchev–Trinajstić information content (AvgIpc) is 3.11. The first-order valence-corrected chi connectivity index (χ1v) is 10.5. The number of aromatic amines is 1. The number of amidine groups is 1. The summed E-state index contributed by atoms with van der Waals surface area (Å²) in [7, 11) is 3.92. The third kappa shape index (κ3) is 2.32. The van der Waals surface area contributed by atoms with Crippen molar-refractivity contribution in [3.05, 3.63) is 58.8 Å². The maximum atomic E-state index is 6.23. The Morgan fingerprint density at radius 3 is 2.87 bits per heavy atom. The molecule has 0 radical (unpaired) electrons. The number of nitrogens with one attached hydrogen (secondary N) is 1. The lowest BCUT2D eigenvalue weighted by molar-refractivity contribution is -0.546. The Morgan fingerprint density at radius 2 is 2.03 bits per heavy atom. The first-order chi connectivity index (χ1) is 14.5. The summed E-state index contributed by atoms with van der Waals surface area (Å²) in [6, 6.07) is 10.5. The lowest BCUT2D eigenvalue weighted by Crippen LogP contribution is -2.44. The molecular weight excluding hydrogens is 374 g/mol. The number of benzene rings is 2. The molecule has 152 valence electrons. The van der Waals surface area contributed by atoms with Crippen molar-refractivity contribution in [2.45, 2.75) is 32.4 Å². The lowest BCUT2D eigenvalue weighted by Gasteiger charge is -2.33. The van der Waals surface area contributed by atoms with Crippen LogP contribution in [-0.4, -0.2) is 41.7 Å². The van der Waals surface area contributed by atoms with E-state index in [1.54, 1.807) is 7.11 Å². The second-order valence-electron chi connectivity index (χ2n) is 8.93. The number of aromatic nitrogens is 1. The van der Waals surface area contributed by atoms with Gasteiger partial charge >= 0.3 is 5.84 Å². The van der Waals surface area contributed by atoms with Crippen LogP contribution >= 0.6 is 0 Å². The van der Waals surface area contributed by atoms with Crippen molar-refractivity contribution < 1.29 is 14.0 Å². The van der Waals surface area contributed by atoms with E-state index in [0.29, 0.717) is 0 Å². The predicted octanol–water partition coefficient (Wildman–Crippen LogP) is 4.33. The molecule has 0 atom stereocenters. The molecule has 2 aromatic carbocycles. The molecular formula is C25H26N3O2+. The van der Waals surface area contributed by atoms with E-state index in [4.69, 9.17) is 9.47 Å². The van der Waals surface area contributed by atoms with Gasteiger partial charge in [-0.05, 0) is 44.2 Å². The summed E-state index contributed by atoms with van der Waals surface area (Å²) in [5.41, 5.74) is 7.22. The zero-order valence-corrected chi connectivity index (χ0v) is 17.9. The van der Waals surface area contributed by atoms with Crippen molar-refractivity contribution in [2.75, 3.05) is 25.6 Å². The van der Waals surface area contributed by atoms with Gasteiger partial charge in [-0.3, -0.25) is 4.58 Å². The SMILES string of the molecule is COc1cccc2[nH]c3c(c12)CC[N+]1=C3N(C)c2ccc3c(c2C1)C=CC(C)(C)O3. The molecule has 5 nitrogen and oxygen atoms in total. The highest BCUT2D eigenvalue weighted by Gasteiger charge is 2.39. The lowest BCUT2D eigenvalue weighted by atomic mass is 9.94. The normalized spacial score (nSPS) is 18.5. The molecule has 0 amide bonds. The van der Waals surface area contributed by atoms with Crippen molar-refractivity contribution in [2.24, 2.45) is 0 Å². The number of methoxy groups -OCH3 is 1. The number of hydrogen-bond acceptors (Lipinski definition) is 3. The van der Waals surface area contributed by atoms with E-state index in [2.05, 4.69) is 65.7 Å². The van der Waals surface area contributed by atoms with Gasteiger partial charge in [0.1, 0.15) is 35.0 Å². The van der Waals surface area contributed by atoms with Gasteiger partial charge < -0.3 is 14.5 Å². The highest BCUT2D eigenvalue weighted by molar-refractivity contribution is 6.12. The molecule has 0 saturated heterocycles. The molecule has 3 aromatic rings. The highest BCUT2D eigenvalue weighted by atomic mass is 16.5.